The van der Waals surface area contributed by atoms with E-state index in [2.05, 4.69) is 14.8 Å². The molecule has 40 heavy (non-hydrogen) atoms. The molecule has 0 aliphatic rings. The van der Waals surface area contributed by atoms with Crippen LogP contribution < -0.4 is 25.5 Å². The number of nitrogens with one attached hydrogen (secondary N) is 2. The third-order valence-corrected chi connectivity index (χ3v) is 7.13. The third-order valence-electron chi connectivity index (χ3n) is 5.57. The molecule has 4 N–H and O–H groups in total. The van der Waals surface area contributed by atoms with Crippen LogP contribution in [-0.2, 0) is 10.0 Å². The zero-order valence-electron chi connectivity index (χ0n) is 23.0. The summed E-state index contributed by atoms with van der Waals surface area (Å²) >= 11 is 0. The van der Waals surface area contributed by atoms with Gasteiger partial charge in [-0.15, -0.1) is 0 Å². The fourth-order valence-corrected chi connectivity index (χ4v) is 4.73. The number of hydrogen-bond acceptors (Lipinski definition) is 7. The number of hydrogen-bond donors (Lipinski definition) is 3. The molecule has 4 rings (SSSR count). The van der Waals surface area contributed by atoms with E-state index in [9.17, 15) is 13.2 Å². The minimum absolute atomic E-state index is 0.138. The van der Waals surface area contributed by atoms with Gasteiger partial charge < -0.3 is 15.2 Å². The second-order valence-electron chi connectivity index (χ2n) is 8.42. The number of para-hydroxylation sites is 4. The van der Waals surface area contributed by atoms with E-state index in [0.717, 1.165) is 5.75 Å². The van der Waals surface area contributed by atoms with Crippen molar-refractivity contribution < 1.29 is 17.9 Å². The summed E-state index contributed by atoms with van der Waals surface area (Å²) in [5, 5.41) is 3.01. The predicted molar refractivity (Wildman–Crippen MR) is 159 cm³/mol. The number of anilines is 1. The number of rotatable bonds is 10. The van der Waals surface area contributed by atoms with Gasteiger partial charge in [-0.25, -0.2) is 17.8 Å². The highest BCUT2D eigenvalue weighted by molar-refractivity contribution is 7.89. The smallest absolute Gasteiger partial charge is 0.280 e. The van der Waals surface area contributed by atoms with E-state index in [-0.39, 0.29) is 10.5 Å². The fourth-order valence-electron chi connectivity index (χ4n) is 3.68. The van der Waals surface area contributed by atoms with Crippen LogP contribution in [0.4, 0.5) is 11.4 Å². The summed E-state index contributed by atoms with van der Waals surface area (Å²) < 4.78 is 38.7. The van der Waals surface area contributed by atoms with Gasteiger partial charge in [-0.1, -0.05) is 31.2 Å². The number of benzene rings is 3. The number of aryl methyl sites for hydroxylation is 1. The number of nitrogens with zero attached hydrogens (tertiary/aromatic N) is 2. The first-order valence-electron chi connectivity index (χ1n) is 12.9. The van der Waals surface area contributed by atoms with Crippen molar-refractivity contribution in [2.75, 3.05) is 25.5 Å². The number of ether oxygens (including phenoxy) is 2. The van der Waals surface area contributed by atoms with Crippen LogP contribution in [0, 0.1) is 6.92 Å². The summed E-state index contributed by atoms with van der Waals surface area (Å²) in [6, 6.07) is 20.9. The summed E-state index contributed by atoms with van der Waals surface area (Å²) in [5.41, 5.74) is 8.19. The Balaban J connectivity index is 0.000000371. The van der Waals surface area contributed by atoms with Crippen LogP contribution in [0.15, 0.2) is 87.5 Å². The van der Waals surface area contributed by atoms with Crippen molar-refractivity contribution in [1.82, 2.24) is 14.5 Å². The summed E-state index contributed by atoms with van der Waals surface area (Å²) in [6.07, 6.45) is 1.51. The monoisotopic (exact) mass is 565 g/mol. The molecule has 0 spiro atoms. The Morgan fingerprint density at radius 2 is 1.52 bits per heavy atom. The van der Waals surface area contributed by atoms with Crippen LogP contribution in [0.3, 0.4) is 0 Å². The second kappa shape index (κ2) is 14.2. The molecule has 0 fully saturated rings. The maximum Gasteiger partial charge on any atom is 0.280 e. The number of aromatic nitrogens is 2. The number of aliphatic imine (C=N–C) groups is 1. The maximum absolute atomic E-state index is 12.9. The van der Waals surface area contributed by atoms with Gasteiger partial charge in [0.2, 0.25) is 10.0 Å². The largest absolute Gasteiger partial charge is 0.492 e. The molecule has 11 heteroatoms. The summed E-state index contributed by atoms with van der Waals surface area (Å²) in [5.74, 6) is 1.41. The fraction of sp³-hybridized carbons (Fsp3) is 0.241. The first kappa shape index (κ1) is 30.2. The van der Waals surface area contributed by atoms with Gasteiger partial charge >= 0.3 is 0 Å². The molecule has 0 unspecified atom stereocenters. The molecule has 1 heterocycles. The lowest BCUT2D eigenvalue weighted by molar-refractivity contribution is 0.341. The average Bonchev–Trinajstić information content (AvgIpc) is 3.23. The normalized spacial score (nSPS) is 11.2. The van der Waals surface area contributed by atoms with Crippen LogP contribution >= 0.6 is 0 Å². The number of nitrogen functional groups attached to an aromatic ring is 1. The van der Waals surface area contributed by atoms with Crippen LogP contribution in [0.5, 0.6) is 11.5 Å². The first-order valence-corrected chi connectivity index (χ1v) is 14.3. The molecule has 3 aromatic carbocycles. The van der Waals surface area contributed by atoms with Gasteiger partial charge in [0.05, 0.1) is 35.0 Å². The van der Waals surface area contributed by atoms with Crippen molar-refractivity contribution in [3.63, 3.8) is 0 Å². The molecule has 0 bridgehead atoms. The van der Waals surface area contributed by atoms with Crippen molar-refractivity contribution >= 4 is 27.6 Å². The van der Waals surface area contributed by atoms with Crippen molar-refractivity contribution in [2.45, 2.75) is 32.6 Å². The van der Waals surface area contributed by atoms with Gasteiger partial charge in [0.15, 0.2) is 0 Å². The molecule has 4 aromatic rings. The Kier molecular flexibility index (Phi) is 10.7. The lowest BCUT2D eigenvalue weighted by Crippen LogP contribution is -2.23. The number of H-pyrrole nitrogens is 1. The Morgan fingerprint density at radius 1 is 0.925 bits per heavy atom. The minimum atomic E-state index is -3.55. The highest BCUT2D eigenvalue weighted by atomic mass is 32.2. The molecule has 0 aliphatic heterocycles. The standard InChI is InChI=1S/C21H24N4O4S.C8H11NO/c1-4-23-30(27,28)17-12-10-16(11-13-17)25-21(26)18(15(3)24-25)14-22-19-8-6-7-9-20(19)29-5-2;1-2-10-8-6-4-3-5-7(8)9/h6-14,23-24H,4-5H2,1-3H3;3-6H,2,9H2,1H3. The van der Waals surface area contributed by atoms with Crippen LogP contribution in [0.25, 0.3) is 5.69 Å². The first-order chi connectivity index (χ1) is 19.2. The quantitative estimate of drug-likeness (QED) is 0.190. The predicted octanol–water partition coefficient (Wildman–Crippen LogP) is 4.59. The molecule has 0 atom stereocenters. The maximum atomic E-state index is 12.9. The molecule has 212 valence electrons. The topological polar surface area (TPSA) is 141 Å². The van der Waals surface area contributed by atoms with Crippen LogP contribution in [0.1, 0.15) is 32.0 Å². The Labute approximate surface area is 234 Å². The van der Waals surface area contributed by atoms with E-state index in [1.165, 1.54) is 23.0 Å². The highest BCUT2D eigenvalue weighted by Crippen LogP contribution is 2.26. The molecular weight excluding hydrogens is 530 g/mol. The number of nitrogens with two attached hydrogens (primary N) is 1. The Morgan fingerprint density at radius 3 is 2.15 bits per heavy atom. The van der Waals surface area contributed by atoms with E-state index < -0.39 is 10.0 Å². The minimum Gasteiger partial charge on any atom is -0.492 e. The molecule has 0 radical (unpaired) electrons. The van der Waals surface area contributed by atoms with Crippen molar-refractivity contribution in [1.29, 1.82) is 0 Å². The van der Waals surface area contributed by atoms with E-state index in [4.69, 9.17) is 15.2 Å². The zero-order chi connectivity index (χ0) is 29.1. The molecule has 0 saturated carbocycles. The van der Waals surface area contributed by atoms with Gasteiger partial charge in [0, 0.05) is 18.5 Å². The highest BCUT2D eigenvalue weighted by Gasteiger charge is 2.15. The lowest BCUT2D eigenvalue weighted by Gasteiger charge is -2.06. The second-order valence-corrected chi connectivity index (χ2v) is 10.2. The van der Waals surface area contributed by atoms with Crippen LogP contribution in [-0.4, -0.2) is 44.2 Å². The van der Waals surface area contributed by atoms with Gasteiger partial charge in [-0.3, -0.25) is 14.9 Å². The average molecular weight is 566 g/mol. The van der Waals surface area contributed by atoms with Crippen molar-refractivity contribution in [2.24, 2.45) is 4.99 Å². The molecule has 0 saturated heterocycles. The zero-order valence-corrected chi connectivity index (χ0v) is 23.9. The van der Waals surface area contributed by atoms with Gasteiger partial charge in [-0.05, 0) is 69.3 Å². The SMILES string of the molecule is CCNS(=O)(=O)c1ccc(-n2[nH]c(C)c(C=Nc3ccccc3OCC)c2=O)cc1.CCOc1ccccc1N. The molecule has 1 aromatic heterocycles. The summed E-state index contributed by atoms with van der Waals surface area (Å²) in [6.45, 7) is 8.79. The van der Waals surface area contributed by atoms with E-state index in [1.54, 1.807) is 26.0 Å². The Bertz CT molecular complexity index is 1590. The molecule has 0 amide bonds. The van der Waals surface area contributed by atoms with Gasteiger partial charge in [-0.2, -0.15) is 0 Å². The third kappa shape index (κ3) is 7.61. The van der Waals surface area contributed by atoms with E-state index in [0.29, 0.717) is 53.8 Å². The molecular formula is C29H35N5O5S. The summed E-state index contributed by atoms with van der Waals surface area (Å²) in [4.78, 5) is 17.4. The van der Waals surface area contributed by atoms with Crippen molar-refractivity contribution in [3.8, 4) is 17.2 Å². The molecule has 0 aliphatic carbocycles. The van der Waals surface area contributed by atoms with Gasteiger partial charge in [0.1, 0.15) is 17.2 Å². The van der Waals surface area contributed by atoms with Crippen LogP contribution in [0.2, 0.25) is 0 Å². The van der Waals surface area contributed by atoms with E-state index in [1.807, 2.05) is 62.4 Å². The number of aromatic amines is 1. The number of sulfonamides is 1. The Hall–Kier alpha value is -4.35. The van der Waals surface area contributed by atoms with E-state index >= 15 is 0 Å². The van der Waals surface area contributed by atoms with Gasteiger partial charge in [0.25, 0.3) is 5.56 Å². The lowest BCUT2D eigenvalue weighted by atomic mass is 10.2. The molecule has 10 nitrogen and oxygen atoms in total. The van der Waals surface area contributed by atoms with Crippen molar-refractivity contribution in [3.05, 3.63) is 94.4 Å². The summed E-state index contributed by atoms with van der Waals surface area (Å²) in [7, 11) is -3.55.